The Morgan fingerprint density at radius 1 is 1.46 bits per heavy atom. The molecule has 2 rings (SSSR count). The molecule has 76 valence electrons. The molecule has 1 saturated carbocycles. The van der Waals surface area contributed by atoms with E-state index >= 15 is 0 Å². The summed E-state index contributed by atoms with van der Waals surface area (Å²) in [5, 5.41) is 21.5. The Morgan fingerprint density at radius 2 is 2.23 bits per heavy atom. The third-order valence-corrected chi connectivity index (χ3v) is 4.04. The molecular weight excluding hydrogens is 166 g/mol. The first-order chi connectivity index (χ1) is 6.18. The van der Waals surface area contributed by atoms with E-state index in [-0.39, 0.29) is 17.3 Å². The zero-order chi connectivity index (χ0) is 9.47. The molecule has 2 aliphatic rings. The second kappa shape index (κ2) is 3.23. The van der Waals surface area contributed by atoms with Crippen molar-refractivity contribution in [1.29, 1.82) is 0 Å². The molecule has 0 radical (unpaired) electrons. The number of rotatable bonds is 2. The normalized spacial score (nSPS) is 46.4. The monoisotopic (exact) mass is 185 g/mol. The van der Waals surface area contributed by atoms with Crippen LogP contribution >= 0.6 is 0 Å². The third-order valence-electron chi connectivity index (χ3n) is 4.04. The lowest BCUT2D eigenvalue weighted by Crippen LogP contribution is -2.54. The van der Waals surface area contributed by atoms with Crippen LogP contribution in [0.2, 0.25) is 0 Å². The lowest BCUT2D eigenvalue weighted by atomic mass is 10.0. The van der Waals surface area contributed by atoms with Gasteiger partial charge in [0.05, 0.1) is 19.2 Å². The average Bonchev–Trinajstić information content (AvgIpc) is 2.69. The summed E-state index contributed by atoms with van der Waals surface area (Å²) in [5.74, 6) is 0.659. The number of hydrogen-bond donors (Lipinski definition) is 1. The van der Waals surface area contributed by atoms with Crippen molar-refractivity contribution in [3.8, 4) is 0 Å². The molecule has 1 heterocycles. The van der Waals surface area contributed by atoms with Crippen molar-refractivity contribution in [2.24, 2.45) is 5.92 Å². The Labute approximate surface area is 79.5 Å². The minimum atomic E-state index is -0.118. The fourth-order valence-electron chi connectivity index (χ4n) is 3.15. The van der Waals surface area contributed by atoms with Crippen molar-refractivity contribution in [2.45, 2.75) is 44.7 Å². The predicted octanol–water partition coefficient (Wildman–Crippen LogP) is 1.25. The molecule has 2 fully saturated rings. The Kier molecular flexibility index (Phi) is 2.34. The van der Waals surface area contributed by atoms with Gasteiger partial charge in [0, 0.05) is 18.8 Å². The topological polar surface area (TPSA) is 43.3 Å². The molecule has 0 aromatic rings. The van der Waals surface area contributed by atoms with E-state index in [1.165, 1.54) is 12.8 Å². The number of nitrogens with zero attached hydrogens (tertiary/aromatic N) is 1. The average molecular weight is 185 g/mol. The highest BCUT2D eigenvalue weighted by molar-refractivity contribution is 4.85. The number of hydroxylamine groups is 3. The molecule has 0 bridgehead atoms. The van der Waals surface area contributed by atoms with Crippen LogP contribution in [-0.2, 0) is 0 Å². The standard InChI is InChI=1S/C10H19NO2/c1-8(7-12)11(13)6-5-9-3-2-4-10(9)11/h8-10,12H,2-7H2,1H3/t8-,9-,10-,11-/m0/s1. The SMILES string of the molecule is C[C@@H](CO)[N@@+]1([O-])CC[C@@H]2CCC[C@@H]21. The second-order valence-corrected chi connectivity index (χ2v) is 4.66. The Hall–Kier alpha value is -0.120. The smallest absolute Gasteiger partial charge is 0.109 e. The van der Waals surface area contributed by atoms with Gasteiger partial charge in [-0.3, -0.25) is 0 Å². The number of hydrogen-bond acceptors (Lipinski definition) is 2. The summed E-state index contributed by atoms with van der Waals surface area (Å²) in [6.45, 7) is 2.65. The van der Waals surface area contributed by atoms with E-state index in [2.05, 4.69) is 0 Å². The van der Waals surface area contributed by atoms with Crippen molar-refractivity contribution < 1.29 is 9.75 Å². The number of aliphatic hydroxyl groups is 1. The number of aliphatic hydroxyl groups excluding tert-OH is 1. The lowest BCUT2D eigenvalue weighted by molar-refractivity contribution is -0.916. The molecule has 0 aromatic carbocycles. The molecule has 0 amide bonds. The summed E-state index contributed by atoms with van der Waals surface area (Å²) in [6.07, 6.45) is 4.62. The van der Waals surface area contributed by atoms with Crippen molar-refractivity contribution >= 4 is 0 Å². The minimum Gasteiger partial charge on any atom is -0.632 e. The molecule has 1 aliphatic heterocycles. The van der Waals surface area contributed by atoms with Crippen molar-refractivity contribution in [1.82, 2.24) is 0 Å². The highest BCUT2D eigenvalue weighted by Gasteiger charge is 2.47. The maximum Gasteiger partial charge on any atom is 0.109 e. The van der Waals surface area contributed by atoms with Gasteiger partial charge in [0.15, 0.2) is 0 Å². The third kappa shape index (κ3) is 1.30. The quantitative estimate of drug-likeness (QED) is 0.520. The first kappa shape index (κ1) is 9.44. The van der Waals surface area contributed by atoms with Crippen LogP contribution in [0.1, 0.15) is 32.6 Å². The summed E-state index contributed by atoms with van der Waals surface area (Å²) in [7, 11) is 0. The highest BCUT2D eigenvalue weighted by Crippen LogP contribution is 2.43. The van der Waals surface area contributed by atoms with Gasteiger partial charge >= 0.3 is 0 Å². The van der Waals surface area contributed by atoms with Crippen LogP contribution in [0.5, 0.6) is 0 Å². The van der Waals surface area contributed by atoms with Crippen molar-refractivity contribution in [3.63, 3.8) is 0 Å². The van der Waals surface area contributed by atoms with Crippen LogP contribution in [0.4, 0.5) is 0 Å². The van der Waals surface area contributed by atoms with Crippen molar-refractivity contribution in [3.05, 3.63) is 5.21 Å². The zero-order valence-electron chi connectivity index (χ0n) is 8.28. The summed E-state index contributed by atoms with van der Waals surface area (Å²) >= 11 is 0. The molecule has 0 spiro atoms. The molecule has 4 atom stereocenters. The Balaban J connectivity index is 2.14. The van der Waals surface area contributed by atoms with Crippen LogP contribution in [0.25, 0.3) is 0 Å². The van der Waals surface area contributed by atoms with E-state index in [1.54, 1.807) is 0 Å². The largest absolute Gasteiger partial charge is 0.632 e. The molecule has 3 nitrogen and oxygen atoms in total. The Morgan fingerprint density at radius 3 is 2.92 bits per heavy atom. The fraction of sp³-hybridized carbons (Fsp3) is 1.00. The van der Waals surface area contributed by atoms with Gasteiger partial charge < -0.3 is 15.0 Å². The van der Waals surface area contributed by atoms with Gasteiger partial charge in [0.25, 0.3) is 0 Å². The van der Waals surface area contributed by atoms with Crippen molar-refractivity contribution in [2.75, 3.05) is 13.2 Å². The van der Waals surface area contributed by atoms with Crippen LogP contribution in [-0.4, -0.2) is 35.0 Å². The maximum absolute atomic E-state index is 12.4. The number of likely N-dealkylation sites (tertiary alicyclic amines) is 1. The van der Waals surface area contributed by atoms with Crippen LogP contribution in [0.15, 0.2) is 0 Å². The molecule has 1 N–H and O–H groups in total. The van der Waals surface area contributed by atoms with Gasteiger partial charge in [-0.15, -0.1) is 0 Å². The van der Waals surface area contributed by atoms with Gasteiger partial charge in [0.1, 0.15) is 6.04 Å². The van der Waals surface area contributed by atoms with Gasteiger partial charge in [0.2, 0.25) is 0 Å². The van der Waals surface area contributed by atoms with Gasteiger partial charge in [-0.2, -0.15) is 0 Å². The molecule has 0 aromatic heterocycles. The van der Waals surface area contributed by atoms with Crippen LogP contribution in [0, 0.1) is 11.1 Å². The van der Waals surface area contributed by atoms with E-state index in [0.29, 0.717) is 12.0 Å². The highest BCUT2D eigenvalue weighted by atomic mass is 16.6. The molecule has 3 heteroatoms. The van der Waals surface area contributed by atoms with E-state index in [4.69, 9.17) is 5.11 Å². The summed E-state index contributed by atoms with van der Waals surface area (Å²) < 4.78 is -0.110. The van der Waals surface area contributed by atoms with Crippen LogP contribution < -0.4 is 0 Å². The zero-order valence-corrected chi connectivity index (χ0v) is 8.28. The lowest BCUT2D eigenvalue weighted by Gasteiger charge is -2.48. The van der Waals surface area contributed by atoms with E-state index in [9.17, 15) is 5.21 Å². The van der Waals surface area contributed by atoms with Gasteiger partial charge in [-0.05, 0) is 19.8 Å². The first-order valence-corrected chi connectivity index (χ1v) is 5.38. The van der Waals surface area contributed by atoms with E-state index in [1.807, 2.05) is 6.92 Å². The first-order valence-electron chi connectivity index (χ1n) is 5.38. The minimum absolute atomic E-state index is 0.0344. The second-order valence-electron chi connectivity index (χ2n) is 4.66. The molecule has 0 unspecified atom stereocenters. The van der Waals surface area contributed by atoms with Gasteiger partial charge in [-0.25, -0.2) is 0 Å². The number of fused-ring (bicyclic) bond motifs is 1. The van der Waals surface area contributed by atoms with E-state index in [0.717, 1.165) is 19.4 Å². The summed E-state index contributed by atoms with van der Waals surface area (Å²) in [4.78, 5) is 0. The molecule has 1 saturated heterocycles. The van der Waals surface area contributed by atoms with E-state index < -0.39 is 0 Å². The molecular formula is C10H19NO2. The fourth-order valence-corrected chi connectivity index (χ4v) is 3.15. The molecule has 13 heavy (non-hydrogen) atoms. The number of quaternary nitrogens is 1. The van der Waals surface area contributed by atoms with Gasteiger partial charge in [-0.1, -0.05) is 0 Å². The Bertz CT molecular complexity index is 197. The summed E-state index contributed by atoms with van der Waals surface area (Å²) in [5.41, 5.74) is 0. The summed E-state index contributed by atoms with van der Waals surface area (Å²) in [6, 6.07) is 0.190. The predicted molar refractivity (Wildman–Crippen MR) is 50.8 cm³/mol. The van der Waals surface area contributed by atoms with Crippen LogP contribution in [0.3, 0.4) is 0 Å². The maximum atomic E-state index is 12.4. The molecule has 1 aliphatic carbocycles.